The Hall–Kier alpha value is -1.20. The molecule has 16 heavy (non-hydrogen) atoms. The van der Waals surface area contributed by atoms with Crippen LogP contribution in [0, 0.1) is 10.9 Å². The van der Waals surface area contributed by atoms with Gasteiger partial charge in [0, 0.05) is 5.69 Å². The highest BCUT2D eigenvalue weighted by molar-refractivity contribution is 7.73. The van der Waals surface area contributed by atoms with Gasteiger partial charge in [-0.25, -0.2) is 0 Å². The fourth-order valence-corrected chi connectivity index (χ4v) is 2.39. The molecule has 0 radical (unpaired) electrons. The Labute approximate surface area is 104 Å². The molecular weight excluding hydrogens is 238 g/mol. The summed E-state index contributed by atoms with van der Waals surface area (Å²) in [4.78, 5) is 0. The maximum absolute atomic E-state index is 5.00. The lowest BCUT2D eigenvalue weighted by Crippen LogP contribution is -1.97. The molecule has 2 rings (SSSR count). The van der Waals surface area contributed by atoms with Crippen molar-refractivity contribution in [1.29, 1.82) is 0 Å². The highest BCUT2D eigenvalue weighted by Crippen LogP contribution is 2.26. The van der Waals surface area contributed by atoms with E-state index in [0.717, 1.165) is 17.2 Å². The molecule has 0 bridgehead atoms. The monoisotopic (exact) mass is 251 g/mol. The van der Waals surface area contributed by atoms with E-state index in [1.54, 1.807) is 0 Å². The largest absolute Gasteiger partial charge is 0.330 e. The Morgan fingerprint density at radius 3 is 2.94 bits per heavy atom. The summed E-state index contributed by atoms with van der Waals surface area (Å²) in [6.07, 6.45) is 1.000. The predicted molar refractivity (Wildman–Crippen MR) is 71.1 cm³/mol. The van der Waals surface area contributed by atoms with E-state index in [1.807, 2.05) is 0 Å². The molecule has 0 saturated carbocycles. The lowest BCUT2D eigenvalue weighted by Gasteiger charge is -2.11. The summed E-state index contributed by atoms with van der Waals surface area (Å²) in [5, 5.41) is 11.0. The van der Waals surface area contributed by atoms with Gasteiger partial charge in [0.25, 0.3) is 0 Å². The van der Waals surface area contributed by atoms with Crippen LogP contribution >= 0.6 is 23.6 Å². The zero-order valence-corrected chi connectivity index (χ0v) is 10.8. The number of hydrogen-bond donors (Lipinski definition) is 2. The Kier molecular flexibility index (Phi) is 3.36. The van der Waals surface area contributed by atoms with Gasteiger partial charge in [-0.1, -0.05) is 36.5 Å². The summed E-state index contributed by atoms with van der Waals surface area (Å²) in [7, 11) is 0. The summed E-state index contributed by atoms with van der Waals surface area (Å²) >= 11 is 6.45. The third-order valence-corrected chi connectivity index (χ3v) is 3.41. The van der Waals surface area contributed by atoms with Gasteiger partial charge in [0.05, 0.1) is 0 Å². The van der Waals surface area contributed by atoms with Crippen LogP contribution in [0.25, 0.3) is 0 Å². The molecule has 0 aliphatic heterocycles. The number of H-pyrrole nitrogens is 1. The first-order valence-electron chi connectivity index (χ1n) is 5.11. The minimum atomic E-state index is 0.689. The van der Waals surface area contributed by atoms with Gasteiger partial charge in [0.15, 0.2) is 3.95 Å². The smallest absolute Gasteiger partial charge is 0.208 e. The van der Waals surface area contributed by atoms with E-state index >= 15 is 0 Å². The van der Waals surface area contributed by atoms with Crippen molar-refractivity contribution in [3.8, 4) is 0 Å². The minimum Gasteiger partial charge on any atom is -0.330 e. The summed E-state index contributed by atoms with van der Waals surface area (Å²) in [6, 6.07) is 6.29. The molecule has 0 unspecified atom stereocenters. The molecule has 0 atom stereocenters. The number of rotatable bonds is 3. The molecular formula is C11H13N3S2. The molecule has 2 N–H and O–H groups in total. The normalized spacial score (nSPS) is 10.4. The Morgan fingerprint density at radius 2 is 2.31 bits per heavy atom. The minimum absolute atomic E-state index is 0.689. The second-order valence-electron chi connectivity index (χ2n) is 3.51. The van der Waals surface area contributed by atoms with Crippen LogP contribution < -0.4 is 5.32 Å². The van der Waals surface area contributed by atoms with Crippen molar-refractivity contribution in [2.45, 2.75) is 20.3 Å². The van der Waals surface area contributed by atoms with E-state index in [9.17, 15) is 0 Å². The van der Waals surface area contributed by atoms with E-state index in [2.05, 4.69) is 47.6 Å². The lowest BCUT2D eigenvalue weighted by atomic mass is 10.1. The molecule has 5 heteroatoms. The fourth-order valence-electron chi connectivity index (χ4n) is 1.59. The molecule has 3 nitrogen and oxygen atoms in total. The third kappa shape index (κ3) is 2.31. The number of nitrogens with one attached hydrogen (secondary N) is 2. The second-order valence-corrected chi connectivity index (χ2v) is 5.17. The van der Waals surface area contributed by atoms with Crippen molar-refractivity contribution in [1.82, 2.24) is 10.2 Å². The molecule has 84 valence electrons. The maximum Gasteiger partial charge on any atom is 0.208 e. The average Bonchev–Trinajstić information content (AvgIpc) is 2.67. The summed E-state index contributed by atoms with van der Waals surface area (Å²) in [5.74, 6) is 0. The molecule has 0 amide bonds. The first-order chi connectivity index (χ1) is 7.70. The zero-order valence-electron chi connectivity index (χ0n) is 9.20. The first-order valence-corrected chi connectivity index (χ1v) is 6.34. The number of aromatic amines is 1. The van der Waals surface area contributed by atoms with Gasteiger partial charge in [-0.3, -0.25) is 5.10 Å². The highest BCUT2D eigenvalue weighted by Gasteiger charge is 2.06. The number of benzene rings is 1. The molecule has 0 aliphatic carbocycles. The molecule has 2 aromatic rings. The van der Waals surface area contributed by atoms with E-state index in [1.165, 1.54) is 22.5 Å². The van der Waals surface area contributed by atoms with Crippen LogP contribution in [0.15, 0.2) is 18.2 Å². The predicted octanol–water partition coefficient (Wildman–Crippen LogP) is 3.82. The summed E-state index contributed by atoms with van der Waals surface area (Å²) < 4.78 is 0.689. The molecule has 1 aromatic carbocycles. The average molecular weight is 251 g/mol. The SMILES string of the molecule is CCc1cccc(C)c1Nc1n[nH]c(=S)s1. The van der Waals surface area contributed by atoms with Crippen molar-refractivity contribution >= 4 is 34.4 Å². The van der Waals surface area contributed by atoms with E-state index < -0.39 is 0 Å². The van der Waals surface area contributed by atoms with Crippen LogP contribution in [0.3, 0.4) is 0 Å². The van der Waals surface area contributed by atoms with Crippen molar-refractivity contribution in [2.24, 2.45) is 0 Å². The van der Waals surface area contributed by atoms with Gasteiger partial charge in [-0.05, 0) is 36.7 Å². The van der Waals surface area contributed by atoms with Crippen LogP contribution in [0.4, 0.5) is 10.8 Å². The van der Waals surface area contributed by atoms with Gasteiger partial charge in [0.1, 0.15) is 0 Å². The number of anilines is 2. The van der Waals surface area contributed by atoms with Crippen LogP contribution in [-0.4, -0.2) is 10.2 Å². The quantitative estimate of drug-likeness (QED) is 0.815. The number of para-hydroxylation sites is 1. The third-order valence-electron chi connectivity index (χ3n) is 2.41. The lowest BCUT2D eigenvalue weighted by molar-refractivity contribution is 1.07. The number of aromatic nitrogens is 2. The molecule has 0 spiro atoms. The van der Waals surface area contributed by atoms with Crippen LogP contribution in [0.5, 0.6) is 0 Å². The standard InChI is InChI=1S/C11H13N3S2/c1-3-8-6-4-5-7(2)9(8)12-10-13-14-11(15)16-10/h4-6H,3H2,1-2H3,(H,12,13)(H,14,15). The van der Waals surface area contributed by atoms with E-state index in [0.29, 0.717) is 3.95 Å². The summed E-state index contributed by atoms with van der Waals surface area (Å²) in [5.41, 5.74) is 3.66. The van der Waals surface area contributed by atoms with Crippen molar-refractivity contribution < 1.29 is 0 Å². The first kappa shape index (κ1) is 11.3. The zero-order chi connectivity index (χ0) is 11.5. The number of hydrogen-bond acceptors (Lipinski definition) is 4. The number of aryl methyl sites for hydroxylation is 2. The van der Waals surface area contributed by atoms with Crippen molar-refractivity contribution in [3.05, 3.63) is 33.3 Å². The van der Waals surface area contributed by atoms with Gasteiger partial charge in [-0.15, -0.1) is 5.10 Å². The molecule has 0 fully saturated rings. The number of nitrogens with zero attached hydrogens (tertiary/aromatic N) is 1. The van der Waals surface area contributed by atoms with Gasteiger partial charge >= 0.3 is 0 Å². The Balaban J connectivity index is 2.37. The fraction of sp³-hybridized carbons (Fsp3) is 0.273. The molecule has 1 heterocycles. The van der Waals surface area contributed by atoms with E-state index in [4.69, 9.17) is 12.2 Å². The van der Waals surface area contributed by atoms with E-state index in [-0.39, 0.29) is 0 Å². The van der Waals surface area contributed by atoms with Gasteiger partial charge in [0.2, 0.25) is 5.13 Å². The molecule has 0 aliphatic rings. The van der Waals surface area contributed by atoms with Crippen molar-refractivity contribution in [3.63, 3.8) is 0 Å². The van der Waals surface area contributed by atoms with Crippen LogP contribution in [-0.2, 0) is 6.42 Å². The van der Waals surface area contributed by atoms with Gasteiger partial charge < -0.3 is 5.32 Å². The topological polar surface area (TPSA) is 40.7 Å². The van der Waals surface area contributed by atoms with Crippen LogP contribution in [0.2, 0.25) is 0 Å². The molecule has 0 saturated heterocycles. The highest BCUT2D eigenvalue weighted by atomic mass is 32.1. The van der Waals surface area contributed by atoms with Crippen molar-refractivity contribution in [2.75, 3.05) is 5.32 Å². The Morgan fingerprint density at radius 1 is 1.50 bits per heavy atom. The maximum atomic E-state index is 5.00. The molecule has 1 aromatic heterocycles. The van der Waals surface area contributed by atoms with Gasteiger partial charge in [-0.2, -0.15) is 0 Å². The second kappa shape index (κ2) is 4.76. The summed E-state index contributed by atoms with van der Waals surface area (Å²) in [6.45, 7) is 4.24. The van der Waals surface area contributed by atoms with Crippen LogP contribution in [0.1, 0.15) is 18.1 Å². The Bertz CT molecular complexity index is 542.